The number of hydrogen-bond donors (Lipinski definition) is 0. The van der Waals surface area contributed by atoms with Crippen molar-refractivity contribution >= 4 is 5.91 Å². The van der Waals surface area contributed by atoms with Gasteiger partial charge in [0.15, 0.2) is 0 Å². The molecule has 0 bridgehead atoms. The summed E-state index contributed by atoms with van der Waals surface area (Å²) < 4.78 is 10.6. The largest absolute Gasteiger partial charge is 0.497 e. The van der Waals surface area contributed by atoms with E-state index in [1.165, 1.54) is 0 Å². The van der Waals surface area contributed by atoms with Crippen molar-refractivity contribution in [2.45, 2.75) is 19.8 Å². The van der Waals surface area contributed by atoms with Gasteiger partial charge in [0, 0.05) is 13.5 Å². The second-order valence-electron chi connectivity index (χ2n) is 4.09. The van der Waals surface area contributed by atoms with Gasteiger partial charge in [0.05, 0.1) is 13.7 Å². The van der Waals surface area contributed by atoms with Crippen molar-refractivity contribution in [3.8, 4) is 11.5 Å². The van der Waals surface area contributed by atoms with Gasteiger partial charge in [-0.05, 0) is 30.7 Å². The second-order valence-corrected chi connectivity index (χ2v) is 4.09. The van der Waals surface area contributed by atoms with Gasteiger partial charge in [-0.3, -0.25) is 4.79 Å². The maximum atomic E-state index is 11.5. The predicted molar refractivity (Wildman–Crippen MR) is 71.0 cm³/mol. The highest BCUT2D eigenvalue weighted by atomic mass is 16.5. The third-order valence-corrected chi connectivity index (χ3v) is 2.64. The fraction of sp³-hybridized carbons (Fsp3) is 0.500. The molecule has 0 spiro atoms. The van der Waals surface area contributed by atoms with E-state index in [-0.39, 0.29) is 5.91 Å². The van der Waals surface area contributed by atoms with Crippen molar-refractivity contribution in [1.29, 1.82) is 0 Å². The molecule has 0 radical (unpaired) electrons. The van der Waals surface area contributed by atoms with E-state index in [2.05, 4.69) is 0 Å². The molecule has 4 heteroatoms. The van der Waals surface area contributed by atoms with E-state index in [0.29, 0.717) is 19.6 Å². The van der Waals surface area contributed by atoms with Crippen LogP contribution in [-0.4, -0.2) is 38.1 Å². The SMILES string of the molecule is CCCC(=O)N(C)CCOc1ccc(OC)cc1. The van der Waals surface area contributed by atoms with Crippen molar-refractivity contribution < 1.29 is 14.3 Å². The summed E-state index contributed by atoms with van der Waals surface area (Å²) >= 11 is 0. The van der Waals surface area contributed by atoms with Crippen LogP contribution in [-0.2, 0) is 4.79 Å². The highest BCUT2D eigenvalue weighted by Gasteiger charge is 2.06. The Morgan fingerprint density at radius 2 is 1.83 bits per heavy atom. The van der Waals surface area contributed by atoms with Crippen LogP contribution in [0.15, 0.2) is 24.3 Å². The Morgan fingerprint density at radius 3 is 2.39 bits per heavy atom. The van der Waals surface area contributed by atoms with E-state index in [0.717, 1.165) is 17.9 Å². The second kappa shape index (κ2) is 7.58. The molecule has 1 rings (SSSR count). The number of likely N-dealkylation sites (N-methyl/N-ethyl adjacent to an activating group) is 1. The monoisotopic (exact) mass is 251 g/mol. The molecular weight excluding hydrogens is 230 g/mol. The smallest absolute Gasteiger partial charge is 0.222 e. The van der Waals surface area contributed by atoms with Crippen LogP contribution < -0.4 is 9.47 Å². The lowest BCUT2D eigenvalue weighted by Crippen LogP contribution is -2.30. The van der Waals surface area contributed by atoms with E-state index < -0.39 is 0 Å². The first-order valence-corrected chi connectivity index (χ1v) is 6.18. The van der Waals surface area contributed by atoms with Crippen LogP contribution in [0.3, 0.4) is 0 Å². The van der Waals surface area contributed by atoms with Crippen molar-refractivity contribution in [2.75, 3.05) is 27.3 Å². The molecule has 0 N–H and O–H groups in total. The summed E-state index contributed by atoms with van der Waals surface area (Å²) in [5.74, 6) is 1.75. The molecular formula is C14H21NO3. The van der Waals surface area contributed by atoms with E-state index >= 15 is 0 Å². The number of benzene rings is 1. The van der Waals surface area contributed by atoms with Crippen molar-refractivity contribution in [3.63, 3.8) is 0 Å². The molecule has 0 fully saturated rings. The molecule has 0 aliphatic rings. The molecule has 18 heavy (non-hydrogen) atoms. The van der Waals surface area contributed by atoms with Gasteiger partial charge in [0.2, 0.25) is 5.91 Å². The fourth-order valence-corrected chi connectivity index (χ4v) is 1.50. The Hall–Kier alpha value is -1.71. The molecule has 0 aliphatic carbocycles. The number of hydrogen-bond acceptors (Lipinski definition) is 3. The average molecular weight is 251 g/mol. The lowest BCUT2D eigenvalue weighted by atomic mass is 10.3. The van der Waals surface area contributed by atoms with Gasteiger partial charge in [0.1, 0.15) is 18.1 Å². The first-order valence-electron chi connectivity index (χ1n) is 6.18. The van der Waals surface area contributed by atoms with Crippen LogP contribution in [0.2, 0.25) is 0 Å². The maximum Gasteiger partial charge on any atom is 0.222 e. The number of amides is 1. The average Bonchev–Trinajstić information content (AvgIpc) is 2.39. The number of ether oxygens (including phenoxy) is 2. The van der Waals surface area contributed by atoms with Crippen molar-refractivity contribution in [3.05, 3.63) is 24.3 Å². The van der Waals surface area contributed by atoms with E-state index in [9.17, 15) is 4.79 Å². The van der Waals surface area contributed by atoms with E-state index in [1.54, 1.807) is 19.1 Å². The van der Waals surface area contributed by atoms with Crippen molar-refractivity contribution in [2.24, 2.45) is 0 Å². The Kier molecular flexibility index (Phi) is 6.05. The summed E-state index contributed by atoms with van der Waals surface area (Å²) in [5, 5.41) is 0. The van der Waals surface area contributed by atoms with E-state index in [4.69, 9.17) is 9.47 Å². The molecule has 0 aliphatic heterocycles. The van der Waals surface area contributed by atoms with Crippen LogP contribution in [0.1, 0.15) is 19.8 Å². The highest BCUT2D eigenvalue weighted by Crippen LogP contribution is 2.16. The minimum absolute atomic E-state index is 0.163. The zero-order valence-electron chi connectivity index (χ0n) is 11.3. The lowest BCUT2D eigenvalue weighted by Gasteiger charge is -2.17. The predicted octanol–water partition coefficient (Wildman–Crippen LogP) is 2.33. The normalized spacial score (nSPS) is 9.94. The van der Waals surface area contributed by atoms with Gasteiger partial charge >= 0.3 is 0 Å². The quantitative estimate of drug-likeness (QED) is 0.746. The van der Waals surface area contributed by atoms with Crippen molar-refractivity contribution in [1.82, 2.24) is 4.90 Å². The number of carbonyl (C=O) groups is 1. The molecule has 0 saturated carbocycles. The Morgan fingerprint density at radius 1 is 1.22 bits per heavy atom. The summed E-state index contributed by atoms with van der Waals surface area (Å²) in [6.07, 6.45) is 1.47. The van der Waals surface area contributed by atoms with Gasteiger partial charge in [-0.25, -0.2) is 0 Å². The molecule has 100 valence electrons. The van der Waals surface area contributed by atoms with Gasteiger partial charge in [-0.15, -0.1) is 0 Å². The van der Waals surface area contributed by atoms with E-state index in [1.807, 2.05) is 31.2 Å². The minimum Gasteiger partial charge on any atom is -0.497 e. The molecule has 0 aromatic heterocycles. The third-order valence-electron chi connectivity index (χ3n) is 2.64. The topological polar surface area (TPSA) is 38.8 Å². The molecule has 1 aromatic carbocycles. The maximum absolute atomic E-state index is 11.5. The number of rotatable bonds is 7. The van der Waals surface area contributed by atoms with Crippen LogP contribution in [0.25, 0.3) is 0 Å². The standard InChI is InChI=1S/C14H21NO3/c1-4-5-14(16)15(2)10-11-18-13-8-6-12(17-3)7-9-13/h6-9H,4-5,10-11H2,1-3H3. The van der Waals surface area contributed by atoms with Gasteiger partial charge in [-0.1, -0.05) is 6.92 Å². The molecule has 4 nitrogen and oxygen atoms in total. The zero-order valence-corrected chi connectivity index (χ0v) is 11.3. The fourth-order valence-electron chi connectivity index (χ4n) is 1.50. The van der Waals surface area contributed by atoms with Crippen LogP contribution in [0.5, 0.6) is 11.5 Å². The molecule has 0 unspecified atom stereocenters. The number of carbonyl (C=O) groups excluding carboxylic acids is 1. The molecule has 0 heterocycles. The number of methoxy groups -OCH3 is 1. The third kappa shape index (κ3) is 4.65. The van der Waals surface area contributed by atoms with Crippen LogP contribution in [0.4, 0.5) is 0 Å². The summed E-state index contributed by atoms with van der Waals surface area (Å²) in [6.45, 7) is 3.10. The zero-order chi connectivity index (χ0) is 13.4. The molecule has 0 atom stereocenters. The van der Waals surface area contributed by atoms with Gasteiger partial charge < -0.3 is 14.4 Å². The van der Waals surface area contributed by atoms with Crippen LogP contribution >= 0.6 is 0 Å². The van der Waals surface area contributed by atoms with Crippen LogP contribution in [0, 0.1) is 0 Å². The molecule has 1 amide bonds. The summed E-state index contributed by atoms with van der Waals surface area (Å²) in [4.78, 5) is 13.2. The Labute approximate surface area is 108 Å². The summed E-state index contributed by atoms with van der Waals surface area (Å²) in [7, 11) is 3.43. The number of nitrogens with zero attached hydrogens (tertiary/aromatic N) is 1. The van der Waals surface area contributed by atoms with Gasteiger partial charge in [0.25, 0.3) is 0 Å². The summed E-state index contributed by atoms with van der Waals surface area (Å²) in [5.41, 5.74) is 0. The Balaban J connectivity index is 2.30. The van der Waals surface area contributed by atoms with Gasteiger partial charge in [-0.2, -0.15) is 0 Å². The summed E-state index contributed by atoms with van der Waals surface area (Å²) in [6, 6.07) is 7.40. The first-order chi connectivity index (χ1) is 8.67. The lowest BCUT2D eigenvalue weighted by molar-refractivity contribution is -0.130. The first kappa shape index (κ1) is 14.4. The Bertz CT molecular complexity index is 362. The minimum atomic E-state index is 0.163. The molecule has 1 aromatic rings. The molecule has 0 saturated heterocycles. The highest BCUT2D eigenvalue weighted by molar-refractivity contribution is 5.75.